The molecule has 0 heterocycles. The van der Waals surface area contributed by atoms with Crippen molar-refractivity contribution in [2.24, 2.45) is 5.84 Å². The Balaban J connectivity index is 2.78. The van der Waals surface area contributed by atoms with Crippen LogP contribution in [0, 0.1) is 6.92 Å². The van der Waals surface area contributed by atoms with Crippen molar-refractivity contribution in [3.63, 3.8) is 0 Å². The van der Waals surface area contributed by atoms with Gasteiger partial charge in [0.15, 0.2) is 0 Å². The number of nitrogens with two attached hydrogens (primary N) is 1. The molecule has 5 nitrogen and oxygen atoms in total. The first kappa shape index (κ1) is 14.0. The quantitative estimate of drug-likeness (QED) is 0.486. The summed E-state index contributed by atoms with van der Waals surface area (Å²) in [6, 6.07) is 5.45. The molecule has 0 aliphatic carbocycles. The molecule has 1 aromatic carbocycles. The maximum atomic E-state index is 11.4. The highest BCUT2D eigenvalue weighted by Crippen LogP contribution is 2.22. The first-order chi connectivity index (χ1) is 8.08. The highest BCUT2D eigenvalue weighted by molar-refractivity contribution is 9.10. The first-order valence-electron chi connectivity index (χ1n) is 5.00. The smallest absolute Gasteiger partial charge is 0.277 e. The molecule has 0 aliphatic rings. The lowest BCUT2D eigenvalue weighted by atomic mass is 10.2. The molecule has 1 rings (SSSR count). The Hall–Kier alpha value is -1.11. The molecule has 3 N–H and O–H groups in total. The van der Waals surface area contributed by atoms with Crippen molar-refractivity contribution < 1.29 is 14.3 Å². The Morgan fingerprint density at radius 3 is 2.82 bits per heavy atom. The van der Waals surface area contributed by atoms with Crippen LogP contribution in [0.5, 0.6) is 5.75 Å². The number of methoxy groups -OCH3 is 1. The molecule has 0 spiro atoms. The fourth-order valence-corrected chi connectivity index (χ4v) is 1.51. The van der Waals surface area contributed by atoms with Crippen LogP contribution < -0.4 is 16.0 Å². The Labute approximate surface area is 108 Å². The van der Waals surface area contributed by atoms with Crippen molar-refractivity contribution in [2.75, 3.05) is 13.7 Å². The van der Waals surface area contributed by atoms with Gasteiger partial charge in [0.05, 0.1) is 6.61 Å². The van der Waals surface area contributed by atoms with Crippen molar-refractivity contribution in [3.05, 3.63) is 28.2 Å². The van der Waals surface area contributed by atoms with Gasteiger partial charge in [-0.15, -0.1) is 0 Å². The lowest BCUT2D eigenvalue weighted by Gasteiger charge is -2.17. The molecule has 6 heteroatoms. The molecular formula is C11H15BrN2O3. The molecule has 0 aromatic heterocycles. The van der Waals surface area contributed by atoms with E-state index in [1.807, 2.05) is 24.5 Å². The molecule has 0 bridgehead atoms. The van der Waals surface area contributed by atoms with E-state index < -0.39 is 12.0 Å². The fourth-order valence-electron chi connectivity index (χ4n) is 1.26. The van der Waals surface area contributed by atoms with Crippen molar-refractivity contribution in [1.29, 1.82) is 0 Å². The van der Waals surface area contributed by atoms with E-state index in [1.165, 1.54) is 7.11 Å². The minimum atomic E-state index is -0.759. The van der Waals surface area contributed by atoms with Crippen molar-refractivity contribution in [1.82, 2.24) is 5.43 Å². The summed E-state index contributed by atoms with van der Waals surface area (Å²) in [5.74, 6) is 5.24. The van der Waals surface area contributed by atoms with Gasteiger partial charge in [-0.25, -0.2) is 5.84 Å². The van der Waals surface area contributed by atoms with Crippen LogP contribution in [-0.2, 0) is 9.53 Å². The zero-order valence-electron chi connectivity index (χ0n) is 9.70. The summed E-state index contributed by atoms with van der Waals surface area (Å²) >= 11 is 3.39. The van der Waals surface area contributed by atoms with Gasteiger partial charge in [-0.05, 0) is 30.7 Å². The number of halogens is 1. The second-order valence-corrected chi connectivity index (χ2v) is 4.34. The normalized spacial score (nSPS) is 12.0. The third-order valence-corrected chi connectivity index (χ3v) is 3.05. The zero-order chi connectivity index (χ0) is 12.8. The molecule has 1 amide bonds. The minimum absolute atomic E-state index is 0.137. The van der Waals surface area contributed by atoms with E-state index in [0.717, 1.165) is 10.0 Å². The molecular weight excluding hydrogens is 288 g/mol. The van der Waals surface area contributed by atoms with Crippen LogP contribution in [0.2, 0.25) is 0 Å². The van der Waals surface area contributed by atoms with Crippen LogP contribution >= 0.6 is 15.9 Å². The Kier molecular flexibility index (Phi) is 5.40. The van der Waals surface area contributed by atoms with Gasteiger partial charge in [0.1, 0.15) is 5.75 Å². The van der Waals surface area contributed by atoms with Crippen LogP contribution in [-0.4, -0.2) is 25.7 Å². The number of aryl methyl sites for hydroxylation is 1. The summed E-state index contributed by atoms with van der Waals surface area (Å²) in [6.45, 7) is 2.07. The predicted octanol–water partition coefficient (Wildman–Crippen LogP) is 1.14. The van der Waals surface area contributed by atoms with Crippen LogP contribution in [0.25, 0.3) is 0 Å². The highest BCUT2D eigenvalue weighted by Gasteiger charge is 2.19. The molecule has 17 heavy (non-hydrogen) atoms. The number of amides is 1. The van der Waals surface area contributed by atoms with E-state index in [2.05, 4.69) is 15.9 Å². The van der Waals surface area contributed by atoms with E-state index >= 15 is 0 Å². The maximum absolute atomic E-state index is 11.4. The molecule has 0 fully saturated rings. The van der Waals surface area contributed by atoms with E-state index in [1.54, 1.807) is 6.07 Å². The summed E-state index contributed by atoms with van der Waals surface area (Å²) in [6.07, 6.45) is -0.759. The topological polar surface area (TPSA) is 73.6 Å². The monoisotopic (exact) mass is 302 g/mol. The third kappa shape index (κ3) is 3.99. The van der Waals surface area contributed by atoms with Gasteiger partial charge in [0, 0.05) is 11.6 Å². The SMILES string of the molecule is COCC(Oc1ccc(Br)c(C)c1)C(=O)NN. The minimum Gasteiger partial charge on any atom is -0.478 e. The maximum Gasteiger partial charge on any atom is 0.277 e. The van der Waals surface area contributed by atoms with E-state index in [-0.39, 0.29) is 6.61 Å². The van der Waals surface area contributed by atoms with Crippen LogP contribution in [0.1, 0.15) is 5.56 Å². The lowest BCUT2D eigenvalue weighted by molar-refractivity contribution is -0.130. The van der Waals surface area contributed by atoms with Gasteiger partial charge in [-0.2, -0.15) is 0 Å². The Bertz CT molecular complexity index is 398. The number of ether oxygens (including phenoxy) is 2. The molecule has 1 atom stereocenters. The molecule has 0 aliphatic heterocycles. The van der Waals surface area contributed by atoms with Gasteiger partial charge < -0.3 is 9.47 Å². The van der Waals surface area contributed by atoms with Gasteiger partial charge in [-0.1, -0.05) is 15.9 Å². The molecule has 0 radical (unpaired) electrons. The number of hydrogen-bond donors (Lipinski definition) is 2. The third-order valence-electron chi connectivity index (χ3n) is 2.16. The number of hydrogen-bond acceptors (Lipinski definition) is 4. The standard InChI is InChI=1S/C11H15BrN2O3/c1-7-5-8(3-4-9(7)12)17-10(6-16-2)11(15)14-13/h3-5,10H,6,13H2,1-2H3,(H,14,15). The number of hydrazine groups is 1. The van der Waals surface area contributed by atoms with Crippen LogP contribution in [0.4, 0.5) is 0 Å². The van der Waals surface area contributed by atoms with Crippen LogP contribution in [0.15, 0.2) is 22.7 Å². The molecule has 0 saturated heterocycles. The molecule has 0 saturated carbocycles. The summed E-state index contributed by atoms with van der Waals surface area (Å²) in [7, 11) is 1.49. The summed E-state index contributed by atoms with van der Waals surface area (Å²) in [5.41, 5.74) is 3.06. The average Bonchev–Trinajstić information content (AvgIpc) is 2.32. The Morgan fingerprint density at radius 1 is 1.59 bits per heavy atom. The van der Waals surface area contributed by atoms with E-state index in [4.69, 9.17) is 15.3 Å². The lowest BCUT2D eigenvalue weighted by Crippen LogP contribution is -2.44. The average molecular weight is 303 g/mol. The summed E-state index contributed by atoms with van der Waals surface area (Å²) in [5, 5.41) is 0. The second kappa shape index (κ2) is 6.58. The molecule has 1 unspecified atom stereocenters. The van der Waals surface area contributed by atoms with E-state index in [0.29, 0.717) is 5.75 Å². The first-order valence-corrected chi connectivity index (χ1v) is 5.80. The van der Waals surface area contributed by atoms with E-state index in [9.17, 15) is 4.79 Å². The number of rotatable bonds is 5. The van der Waals surface area contributed by atoms with Crippen molar-refractivity contribution in [2.45, 2.75) is 13.0 Å². The number of benzene rings is 1. The largest absolute Gasteiger partial charge is 0.478 e. The summed E-state index contributed by atoms with van der Waals surface area (Å²) in [4.78, 5) is 11.4. The number of nitrogens with one attached hydrogen (secondary N) is 1. The van der Waals surface area contributed by atoms with Gasteiger partial charge in [-0.3, -0.25) is 10.2 Å². The predicted molar refractivity (Wildman–Crippen MR) is 67.5 cm³/mol. The number of carbonyl (C=O) groups excluding carboxylic acids is 1. The highest BCUT2D eigenvalue weighted by atomic mass is 79.9. The van der Waals surface area contributed by atoms with Gasteiger partial charge in [0.25, 0.3) is 5.91 Å². The van der Waals surface area contributed by atoms with Crippen molar-refractivity contribution in [3.8, 4) is 5.75 Å². The molecule has 1 aromatic rings. The van der Waals surface area contributed by atoms with Crippen molar-refractivity contribution >= 4 is 21.8 Å². The van der Waals surface area contributed by atoms with Crippen LogP contribution in [0.3, 0.4) is 0 Å². The van der Waals surface area contributed by atoms with Gasteiger partial charge in [0.2, 0.25) is 6.10 Å². The Morgan fingerprint density at radius 2 is 2.29 bits per heavy atom. The number of carbonyl (C=O) groups is 1. The fraction of sp³-hybridized carbons (Fsp3) is 0.364. The van der Waals surface area contributed by atoms with Gasteiger partial charge >= 0.3 is 0 Å². The molecule has 94 valence electrons. The second-order valence-electron chi connectivity index (χ2n) is 3.48. The summed E-state index contributed by atoms with van der Waals surface area (Å²) < 4.78 is 11.4. The zero-order valence-corrected chi connectivity index (χ0v) is 11.3.